The summed E-state index contributed by atoms with van der Waals surface area (Å²) in [7, 11) is 0. The second-order valence-corrected chi connectivity index (χ2v) is 6.57. The number of benzene rings is 1. The smallest absolute Gasteiger partial charge is 0.170 e. The molecule has 1 aliphatic rings. The summed E-state index contributed by atoms with van der Waals surface area (Å²) in [5.41, 5.74) is 3.13. The van der Waals surface area contributed by atoms with Crippen molar-refractivity contribution < 1.29 is 5.11 Å². The number of rotatable bonds is 5. The zero-order valence-corrected chi connectivity index (χ0v) is 15.0. The first-order valence-electron chi connectivity index (χ1n) is 8.61. The van der Waals surface area contributed by atoms with Gasteiger partial charge in [-0.3, -0.25) is 4.98 Å². The monoisotopic (exact) mass is 364 g/mol. The fourth-order valence-electron chi connectivity index (χ4n) is 3.53. The van der Waals surface area contributed by atoms with E-state index < -0.39 is 0 Å². The maximum Gasteiger partial charge on any atom is 0.170 e. The first kappa shape index (κ1) is 16.8. The van der Waals surface area contributed by atoms with E-state index in [0.29, 0.717) is 11.7 Å². The van der Waals surface area contributed by atoms with Crippen molar-refractivity contribution in [2.45, 2.75) is 12.1 Å². The Morgan fingerprint density at radius 1 is 1.04 bits per heavy atom. The van der Waals surface area contributed by atoms with Gasteiger partial charge in [-0.2, -0.15) is 0 Å². The largest absolute Gasteiger partial charge is 0.395 e. The van der Waals surface area contributed by atoms with Gasteiger partial charge in [0, 0.05) is 30.3 Å². The number of para-hydroxylation sites is 1. The van der Waals surface area contributed by atoms with Gasteiger partial charge in [-0.1, -0.05) is 24.3 Å². The fraction of sp³-hybridized carbons (Fsp3) is 0.200. The minimum Gasteiger partial charge on any atom is -0.395 e. The minimum atomic E-state index is -0.0763. The lowest BCUT2D eigenvalue weighted by Crippen LogP contribution is -2.32. The quantitative estimate of drug-likeness (QED) is 0.682. The normalized spacial score (nSPS) is 19.6. The number of thiocarbonyl (C=S) groups is 1. The van der Waals surface area contributed by atoms with Crippen LogP contribution in [-0.4, -0.2) is 37.8 Å². The van der Waals surface area contributed by atoms with Crippen LogP contribution in [0.3, 0.4) is 0 Å². The molecule has 132 valence electrons. The van der Waals surface area contributed by atoms with Crippen molar-refractivity contribution >= 4 is 17.3 Å². The van der Waals surface area contributed by atoms with Crippen molar-refractivity contribution in [3.8, 4) is 5.69 Å². The molecule has 3 aromatic rings. The van der Waals surface area contributed by atoms with Crippen LogP contribution in [0.15, 0.2) is 73.1 Å². The van der Waals surface area contributed by atoms with Gasteiger partial charge in [0.1, 0.15) is 0 Å². The van der Waals surface area contributed by atoms with Gasteiger partial charge < -0.3 is 19.9 Å². The number of pyridine rings is 1. The molecular weight excluding hydrogens is 344 g/mol. The fourth-order valence-corrected chi connectivity index (χ4v) is 3.87. The Balaban J connectivity index is 1.81. The zero-order chi connectivity index (χ0) is 17.9. The summed E-state index contributed by atoms with van der Waals surface area (Å²) >= 11 is 5.56. The summed E-state index contributed by atoms with van der Waals surface area (Å²) in [6.07, 6.45) is 3.85. The number of aliphatic hydroxyl groups excluding tert-OH is 1. The maximum atomic E-state index is 9.55. The first-order chi connectivity index (χ1) is 12.8. The molecule has 0 unspecified atom stereocenters. The number of aromatic nitrogens is 2. The number of aliphatic hydroxyl groups is 1. The molecule has 2 atom stereocenters. The number of nitrogens with zero attached hydrogens (tertiary/aromatic N) is 3. The van der Waals surface area contributed by atoms with E-state index in [1.807, 2.05) is 47.4 Å². The van der Waals surface area contributed by atoms with E-state index in [1.54, 1.807) is 6.20 Å². The Morgan fingerprint density at radius 2 is 1.85 bits per heavy atom. The Kier molecular flexibility index (Phi) is 4.69. The van der Waals surface area contributed by atoms with Gasteiger partial charge in [0.15, 0.2) is 5.11 Å². The summed E-state index contributed by atoms with van der Waals surface area (Å²) in [4.78, 5) is 6.58. The predicted octanol–water partition coefficient (Wildman–Crippen LogP) is 2.84. The highest BCUT2D eigenvalue weighted by Gasteiger charge is 2.40. The molecule has 0 aliphatic carbocycles. The molecule has 2 aromatic heterocycles. The number of β-amino-alcohol motifs (C(OH)–C–C–N with tert-alkyl or cyclic N) is 1. The minimum absolute atomic E-state index is 0.0410. The SMILES string of the molecule is OCCN1C(=S)N[C@H](c2ccccn2)[C@H]1c1cccn1-c1ccccc1. The number of hydrogen-bond acceptors (Lipinski definition) is 3. The number of hydrogen-bond donors (Lipinski definition) is 2. The van der Waals surface area contributed by atoms with Crippen molar-refractivity contribution in [3.05, 3.63) is 84.4 Å². The van der Waals surface area contributed by atoms with Crippen molar-refractivity contribution in [3.63, 3.8) is 0 Å². The molecule has 0 amide bonds. The second kappa shape index (κ2) is 7.27. The molecule has 3 heterocycles. The Labute approximate surface area is 157 Å². The van der Waals surface area contributed by atoms with Crippen LogP contribution in [0, 0.1) is 0 Å². The van der Waals surface area contributed by atoms with Crippen molar-refractivity contribution in [1.82, 2.24) is 19.8 Å². The Morgan fingerprint density at radius 3 is 2.58 bits per heavy atom. The van der Waals surface area contributed by atoms with E-state index in [2.05, 4.69) is 39.3 Å². The van der Waals surface area contributed by atoms with Crippen molar-refractivity contribution in [2.75, 3.05) is 13.2 Å². The molecule has 0 radical (unpaired) electrons. The molecule has 1 aromatic carbocycles. The van der Waals surface area contributed by atoms with Gasteiger partial charge in [-0.25, -0.2) is 0 Å². The highest BCUT2D eigenvalue weighted by Crippen LogP contribution is 2.39. The molecule has 26 heavy (non-hydrogen) atoms. The number of nitrogens with one attached hydrogen (secondary N) is 1. The second-order valence-electron chi connectivity index (χ2n) is 6.18. The molecule has 4 rings (SSSR count). The van der Waals surface area contributed by atoms with Gasteiger partial charge >= 0.3 is 0 Å². The Hall–Kier alpha value is -2.70. The zero-order valence-electron chi connectivity index (χ0n) is 14.2. The van der Waals surface area contributed by atoms with E-state index in [0.717, 1.165) is 17.1 Å². The molecule has 6 heteroatoms. The van der Waals surface area contributed by atoms with Crippen LogP contribution in [-0.2, 0) is 0 Å². The van der Waals surface area contributed by atoms with Gasteiger partial charge in [0.2, 0.25) is 0 Å². The van der Waals surface area contributed by atoms with E-state index in [4.69, 9.17) is 12.2 Å². The van der Waals surface area contributed by atoms with Crippen LogP contribution in [0.1, 0.15) is 23.5 Å². The molecule has 1 aliphatic heterocycles. The van der Waals surface area contributed by atoms with Crippen LogP contribution >= 0.6 is 12.2 Å². The molecular formula is C20H20N4OS. The third-order valence-electron chi connectivity index (χ3n) is 4.66. The van der Waals surface area contributed by atoms with Gasteiger partial charge in [0.25, 0.3) is 0 Å². The highest BCUT2D eigenvalue weighted by atomic mass is 32.1. The third-order valence-corrected chi connectivity index (χ3v) is 5.01. The van der Waals surface area contributed by atoms with Crippen LogP contribution in [0.25, 0.3) is 5.69 Å². The molecule has 2 N–H and O–H groups in total. The lowest BCUT2D eigenvalue weighted by atomic mass is 10.0. The van der Waals surface area contributed by atoms with Crippen LogP contribution in [0.4, 0.5) is 0 Å². The average molecular weight is 364 g/mol. The topological polar surface area (TPSA) is 53.3 Å². The summed E-state index contributed by atoms with van der Waals surface area (Å²) in [5.74, 6) is 0. The average Bonchev–Trinajstić information content (AvgIpc) is 3.28. The standard InChI is InChI=1S/C20H20N4OS/c25-14-13-24-19(18(22-20(24)26)16-9-4-5-11-21-16)17-10-6-12-23(17)15-7-2-1-3-8-15/h1-12,18-19,25H,13-14H2,(H,22,26)/t18-,19-/m1/s1. The van der Waals surface area contributed by atoms with E-state index in [1.165, 1.54) is 0 Å². The summed E-state index contributed by atoms with van der Waals surface area (Å²) in [6.45, 7) is 0.513. The summed E-state index contributed by atoms with van der Waals surface area (Å²) < 4.78 is 2.17. The molecule has 0 saturated carbocycles. The molecule has 1 saturated heterocycles. The van der Waals surface area contributed by atoms with Crippen LogP contribution in [0.2, 0.25) is 0 Å². The highest BCUT2D eigenvalue weighted by molar-refractivity contribution is 7.80. The van der Waals surface area contributed by atoms with E-state index >= 15 is 0 Å². The van der Waals surface area contributed by atoms with Gasteiger partial charge in [0.05, 0.1) is 24.4 Å². The van der Waals surface area contributed by atoms with Crippen LogP contribution in [0.5, 0.6) is 0 Å². The lowest BCUT2D eigenvalue weighted by molar-refractivity contribution is 0.220. The summed E-state index contributed by atoms with van der Waals surface area (Å²) in [5, 5.41) is 13.6. The lowest BCUT2D eigenvalue weighted by Gasteiger charge is -2.28. The molecule has 1 fully saturated rings. The third kappa shape index (κ3) is 2.98. The van der Waals surface area contributed by atoms with Crippen LogP contribution < -0.4 is 5.32 Å². The van der Waals surface area contributed by atoms with E-state index in [9.17, 15) is 5.11 Å². The van der Waals surface area contributed by atoms with Crippen molar-refractivity contribution in [1.29, 1.82) is 0 Å². The molecule has 0 spiro atoms. The maximum absolute atomic E-state index is 9.55. The van der Waals surface area contributed by atoms with E-state index in [-0.39, 0.29) is 18.7 Å². The van der Waals surface area contributed by atoms with Gasteiger partial charge in [-0.15, -0.1) is 0 Å². The molecule has 5 nitrogen and oxygen atoms in total. The predicted molar refractivity (Wildman–Crippen MR) is 105 cm³/mol. The first-order valence-corrected chi connectivity index (χ1v) is 9.02. The van der Waals surface area contributed by atoms with Crippen molar-refractivity contribution in [2.24, 2.45) is 0 Å². The summed E-state index contributed by atoms with van der Waals surface area (Å²) in [6, 6.07) is 20.1. The molecule has 0 bridgehead atoms. The Bertz CT molecular complexity index is 881. The van der Waals surface area contributed by atoms with Gasteiger partial charge in [-0.05, 0) is 48.6 Å².